The topological polar surface area (TPSA) is 81.1 Å². The van der Waals surface area contributed by atoms with Crippen LogP contribution in [0, 0.1) is 6.92 Å². The minimum absolute atomic E-state index is 0.0771. The van der Waals surface area contributed by atoms with E-state index in [-0.39, 0.29) is 11.3 Å². The van der Waals surface area contributed by atoms with Crippen LogP contribution < -0.4 is 4.72 Å². The van der Waals surface area contributed by atoms with Crippen LogP contribution in [-0.2, 0) is 10.0 Å². The maximum absolute atomic E-state index is 12.5. The second kappa shape index (κ2) is 8.73. The number of nitrogens with zero attached hydrogens (tertiary/aromatic N) is 2. The molecule has 6 nitrogen and oxygen atoms in total. The standard InChI is InChI=1S/C20H21Cl2N3O3S/c1-3-4-5-10-29(27,28)24-20(26)14-6-8-17-19(11-14)25(13(2)23-17)18-9-7-15(21)12-16(18)22/h6-9,11-12H,3-5,10H2,1-2H3,(H,24,26). The fourth-order valence-electron chi connectivity index (χ4n) is 3.10. The number of imidazole rings is 1. The van der Waals surface area contributed by atoms with E-state index in [1.54, 1.807) is 41.0 Å². The lowest BCUT2D eigenvalue weighted by Crippen LogP contribution is -2.32. The van der Waals surface area contributed by atoms with Gasteiger partial charge in [0.25, 0.3) is 5.91 Å². The van der Waals surface area contributed by atoms with Crippen molar-refractivity contribution in [3.05, 3.63) is 57.8 Å². The summed E-state index contributed by atoms with van der Waals surface area (Å²) in [6.07, 6.45) is 2.21. The molecule has 2 aromatic carbocycles. The van der Waals surface area contributed by atoms with Crippen molar-refractivity contribution in [2.75, 3.05) is 5.75 Å². The van der Waals surface area contributed by atoms with Gasteiger partial charge in [0.05, 0.1) is 27.5 Å². The largest absolute Gasteiger partial charge is 0.295 e. The van der Waals surface area contributed by atoms with Crippen LogP contribution in [0.2, 0.25) is 10.0 Å². The minimum Gasteiger partial charge on any atom is -0.295 e. The molecule has 0 aliphatic heterocycles. The van der Waals surface area contributed by atoms with Gasteiger partial charge >= 0.3 is 0 Å². The number of sulfonamides is 1. The molecule has 9 heteroatoms. The van der Waals surface area contributed by atoms with Crippen molar-refractivity contribution < 1.29 is 13.2 Å². The van der Waals surface area contributed by atoms with Gasteiger partial charge in [0.15, 0.2) is 0 Å². The molecule has 0 radical (unpaired) electrons. The zero-order chi connectivity index (χ0) is 21.2. The second-order valence-electron chi connectivity index (χ2n) is 6.75. The summed E-state index contributed by atoms with van der Waals surface area (Å²) in [5, 5.41) is 0.947. The molecule has 1 N–H and O–H groups in total. The highest BCUT2D eigenvalue weighted by Gasteiger charge is 2.18. The van der Waals surface area contributed by atoms with E-state index in [9.17, 15) is 13.2 Å². The molecule has 0 aliphatic rings. The molecule has 154 valence electrons. The van der Waals surface area contributed by atoms with E-state index in [1.807, 2.05) is 13.8 Å². The number of aryl methyl sites for hydroxylation is 1. The molecule has 0 saturated heterocycles. The lowest BCUT2D eigenvalue weighted by molar-refractivity contribution is 0.0981. The smallest absolute Gasteiger partial charge is 0.264 e. The number of amides is 1. The maximum Gasteiger partial charge on any atom is 0.264 e. The second-order valence-corrected chi connectivity index (χ2v) is 9.44. The summed E-state index contributed by atoms with van der Waals surface area (Å²) in [5.74, 6) is -0.0725. The molecule has 1 amide bonds. The van der Waals surface area contributed by atoms with E-state index in [2.05, 4.69) is 9.71 Å². The molecule has 0 aliphatic carbocycles. The Bertz CT molecular complexity index is 1170. The predicted octanol–water partition coefficient (Wildman–Crippen LogP) is 4.89. The molecular weight excluding hydrogens is 433 g/mol. The quantitative estimate of drug-likeness (QED) is 0.516. The highest BCUT2D eigenvalue weighted by atomic mass is 35.5. The van der Waals surface area contributed by atoms with Crippen molar-refractivity contribution in [2.24, 2.45) is 0 Å². The van der Waals surface area contributed by atoms with Gasteiger partial charge in [-0.15, -0.1) is 0 Å². The fourth-order valence-corrected chi connectivity index (χ4v) is 4.68. The number of carbonyl (C=O) groups is 1. The third-order valence-corrected chi connectivity index (χ3v) is 6.36. The molecule has 0 bridgehead atoms. The van der Waals surface area contributed by atoms with Crippen molar-refractivity contribution in [1.82, 2.24) is 14.3 Å². The number of hydrogen-bond acceptors (Lipinski definition) is 4. The molecule has 1 heterocycles. The van der Waals surface area contributed by atoms with Gasteiger partial charge in [0, 0.05) is 10.6 Å². The Labute approximate surface area is 179 Å². The SMILES string of the molecule is CCCCCS(=O)(=O)NC(=O)c1ccc2nc(C)n(-c3ccc(Cl)cc3Cl)c2c1. The van der Waals surface area contributed by atoms with Gasteiger partial charge in [0.1, 0.15) is 5.82 Å². The van der Waals surface area contributed by atoms with E-state index < -0.39 is 15.9 Å². The number of carbonyl (C=O) groups excluding carboxylic acids is 1. The van der Waals surface area contributed by atoms with Gasteiger partial charge in [-0.05, 0) is 49.7 Å². The number of unbranched alkanes of at least 4 members (excludes halogenated alkanes) is 2. The van der Waals surface area contributed by atoms with Gasteiger partial charge in [-0.1, -0.05) is 43.0 Å². The number of halogens is 2. The molecule has 3 aromatic rings. The first-order valence-corrected chi connectivity index (χ1v) is 11.6. The Morgan fingerprint density at radius 3 is 2.59 bits per heavy atom. The number of nitrogens with one attached hydrogen (secondary N) is 1. The van der Waals surface area contributed by atoms with E-state index in [0.717, 1.165) is 12.8 Å². The Morgan fingerprint density at radius 1 is 1.14 bits per heavy atom. The molecule has 1 aromatic heterocycles. The van der Waals surface area contributed by atoms with Crippen molar-refractivity contribution >= 4 is 50.2 Å². The van der Waals surface area contributed by atoms with E-state index in [1.165, 1.54) is 0 Å². The third kappa shape index (κ3) is 4.91. The van der Waals surface area contributed by atoms with Crippen LogP contribution in [0.4, 0.5) is 0 Å². The first-order valence-electron chi connectivity index (χ1n) is 9.21. The number of aromatic nitrogens is 2. The Hall–Kier alpha value is -2.09. The number of benzene rings is 2. The molecular formula is C20H21Cl2N3O3S. The monoisotopic (exact) mass is 453 g/mol. The molecule has 0 unspecified atom stereocenters. The summed E-state index contributed by atoms with van der Waals surface area (Å²) in [6.45, 7) is 3.81. The van der Waals surface area contributed by atoms with Gasteiger partial charge in [-0.25, -0.2) is 18.1 Å². The summed E-state index contributed by atoms with van der Waals surface area (Å²) in [6, 6.07) is 9.96. The molecule has 0 saturated carbocycles. The van der Waals surface area contributed by atoms with Crippen LogP contribution in [0.25, 0.3) is 16.7 Å². The highest BCUT2D eigenvalue weighted by Crippen LogP contribution is 2.29. The third-order valence-electron chi connectivity index (χ3n) is 4.50. The molecule has 3 rings (SSSR count). The van der Waals surface area contributed by atoms with E-state index in [0.29, 0.717) is 39.0 Å². The summed E-state index contributed by atoms with van der Waals surface area (Å²) in [4.78, 5) is 17.0. The van der Waals surface area contributed by atoms with Crippen molar-refractivity contribution in [2.45, 2.75) is 33.1 Å². The highest BCUT2D eigenvalue weighted by molar-refractivity contribution is 7.90. The zero-order valence-electron chi connectivity index (χ0n) is 16.1. The van der Waals surface area contributed by atoms with Crippen molar-refractivity contribution in [3.8, 4) is 5.69 Å². The lowest BCUT2D eigenvalue weighted by Gasteiger charge is -2.10. The average Bonchev–Trinajstić information content (AvgIpc) is 2.96. The first kappa shape index (κ1) is 21.6. The molecule has 0 spiro atoms. The van der Waals surface area contributed by atoms with Crippen molar-refractivity contribution in [3.63, 3.8) is 0 Å². The van der Waals surface area contributed by atoms with Gasteiger partial charge in [0.2, 0.25) is 10.0 Å². The average molecular weight is 454 g/mol. The lowest BCUT2D eigenvalue weighted by atomic mass is 10.2. The molecule has 0 atom stereocenters. The Morgan fingerprint density at radius 2 is 1.90 bits per heavy atom. The zero-order valence-corrected chi connectivity index (χ0v) is 18.4. The summed E-state index contributed by atoms with van der Waals surface area (Å²) >= 11 is 12.3. The van der Waals surface area contributed by atoms with E-state index >= 15 is 0 Å². The van der Waals surface area contributed by atoms with Crippen LogP contribution >= 0.6 is 23.2 Å². The molecule has 0 fully saturated rings. The van der Waals surface area contributed by atoms with Gasteiger partial charge in [-0.2, -0.15) is 0 Å². The minimum atomic E-state index is -3.68. The fraction of sp³-hybridized carbons (Fsp3) is 0.300. The number of hydrogen-bond donors (Lipinski definition) is 1. The van der Waals surface area contributed by atoms with Crippen LogP contribution in [-0.4, -0.2) is 29.6 Å². The number of rotatable bonds is 7. The van der Waals surface area contributed by atoms with Gasteiger partial charge in [-0.3, -0.25) is 9.36 Å². The van der Waals surface area contributed by atoms with Crippen LogP contribution in [0.5, 0.6) is 0 Å². The summed E-state index contributed by atoms with van der Waals surface area (Å²) < 4.78 is 28.2. The Kier molecular flexibility index (Phi) is 6.51. The maximum atomic E-state index is 12.5. The predicted molar refractivity (Wildman–Crippen MR) is 117 cm³/mol. The normalized spacial score (nSPS) is 11.7. The first-order chi connectivity index (χ1) is 13.7. The number of fused-ring (bicyclic) bond motifs is 1. The van der Waals surface area contributed by atoms with Crippen LogP contribution in [0.3, 0.4) is 0 Å². The van der Waals surface area contributed by atoms with E-state index in [4.69, 9.17) is 23.2 Å². The van der Waals surface area contributed by atoms with Crippen molar-refractivity contribution in [1.29, 1.82) is 0 Å². The van der Waals surface area contributed by atoms with Crippen LogP contribution in [0.15, 0.2) is 36.4 Å². The van der Waals surface area contributed by atoms with Crippen LogP contribution in [0.1, 0.15) is 42.4 Å². The summed E-state index contributed by atoms with van der Waals surface area (Å²) in [5.41, 5.74) is 2.20. The van der Waals surface area contributed by atoms with Gasteiger partial charge < -0.3 is 0 Å². The summed E-state index contributed by atoms with van der Waals surface area (Å²) in [7, 11) is -3.68. The Balaban J connectivity index is 1.96. The molecule has 29 heavy (non-hydrogen) atoms.